The van der Waals surface area contributed by atoms with Gasteiger partial charge in [-0.1, -0.05) is 51.0 Å². The molecular weight excluding hydrogens is 250 g/mol. The highest BCUT2D eigenvalue weighted by atomic mass is 16.2. The fourth-order valence-electron chi connectivity index (χ4n) is 2.56. The van der Waals surface area contributed by atoms with Crippen LogP contribution in [-0.4, -0.2) is 29.7 Å². The number of hydrogen-bond donors (Lipinski definition) is 0. The number of ketones is 1. The Morgan fingerprint density at radius 3 is 2.00 bits per heavy atom. The minimum atomic E-state index is -0.373. The molecule has 0 aliphatic carbocycles. The lowest BCUT2D eigenvalue weighted by atomic mass is 10.0. The smallest absolute Gasteiger partial charge is 0.294 e. The Balaban J connectivity index is 2.07. The Morgan fingerprint density at radius 2 is 1.50 bits per heavy atom. The lowest BCUT2D eigenvalue weighted by Gasteiger charge is -2.19. The third-order valence-electron chi connectivity index (χ3n) is 3.93. The Kier molecular flexibility index (Phi) is 4.94. The maximum atomic E-state index is 12.2. The van der Waals surface area contributed by atoms with E-state index in [2.05, 4.69) is 13.8 Å². The van der Waals surface area contributed by atoms with Crippen molar-refractivity contribution in [3.63, 3.8) is 0 Å². The molecule has 1 amide bonds. The van der Waals surface area contributed by atoms with Crippen molar-refractivity contribution < 1.29 is 9.59 Å². The molecule has 2 rings (SSSR count). The molecule has 108 valence electrons. The first-order valence-corrected chi connectivity index (χ1v) is 7.53. The van der Waals surface area contributed by atoms with E-state index in [1.807, 2.05) is 12.1 Å². The van der Waals surface area contributed by atoms with Gasteiger partial charge in [-0.05, 0) is 24.3 Å². The van der Waals surface area contributed by atoms with E-state index in [-0.39, 0.29) is 11.7 Å². The lowest BCUT2D eigenvalue weighted by molar-refractivity contribution is -0.126. The quantitative estimate of drug-likeness (QED) is 0.625. The number of hydrogen-bond acceptors (Lipinski definition) is 2. The summed E-state index contributed by atoms with van der Waals surface area (Å²) in [5, 5.41) is 0. The zero-order valence-electron chi connectivity index (χ0n) is 12.4. The predicted octanol–water partition coefficient (Wildman–Crippen LogP) is 3.40. The zero-order chi connectivity index (χ0) is 14.5. The zero-order valence-corrected chi connectivity index (χ0v) is 12.4. The van der Waals surface area contributed by atoms with Gasteiger partial charge in [-0.25, -0.2) is 0 Å². The maximum absolute atomic E-state index is 12.2. The molecule has 0 spiro atoms. The molecule has 20 heavy (non-hydrogen) atoms. The van der Waals surface area contributed by atoms with Crippen LogP contribution in [0.4, 0.5) is 0 Å². The summed E-state index contributed by atoms with van der Waals surface area (Å²) < 4.78 is 0. The van der Waals surface area contributed by atoms with Crippen molar-refractivity contribution in [2.24, 2.45) is 0 Å². The number of rotatable bonds is 3. The second kappa shape index (κ2) is 6.69. The van der Waals surface area contributed by atoms with Crippen LogP contribution in [0.2, 0.25) is 0 Å². The van der Waals surface area contributed by atoms with Gasteiger partial charge in [0.1, 0.15) is 0 Å². The van der Waals surface area contributed by atoms with E-state index in [0.29, 0.717) is 24.6 Å². The summed E-state index contributed by atoms with van der Waals surface area (Å²) in [6.07, 6.45) is 4.32. The molecule has 1 fully saturated rings. The fraction of sp³-hybridized carbons (Fsp3) is 0.529. The van der Waals surface area contributed by atoms with E-state index in [9.17, 15) is 9.59 Å². The van der Waals surface area contributed by atoms with E-state index in [1.165, 1.54) is 5.56 Å². The van der Waals surface area contributed by atoms with Crippen LogP contribution in [0.1, 0.15) is 61.4 Å². The first-order valence-electron chi connectivity index (χ1n) is 7.53. The molecule has 0 radical (unpaired) electrons. The van der Waals surface area contributed by atoms with Crippen molar-refractivity contribution >= 4 is 11.7 Å². The standard InChI is InChI=1S/C17H23NO2/c1-13(2)14-7-9-15(10-8-14)16(19)17(20)18-11-5-3-4-6-12-18/h7-10,13H,3-6,11-12H2,1-2H3. The average molecular weight is 273 g/mol. The third kappa shape index (κ3) is 3.47. The number of carbonyl (C=O) groups excluding carboxylic acids is 2. The highest BCUT2D eigenvalue weighted by Gasteiger charge is 2.23. The Hall–Kier alpha value is -1.64. The Morgan fingerprint density at radius 1 is 0.950 bits per heavy atom. The minimum Gasteiger partial charge on any atom is -0.336 e. The van der Waals surface area contributed by atoms with Crippen LogP contribution in [-0.2, 0) is 4.79 Å². The van der Waals surface area contributed by atoms with Crippen LogP contribution < -0.4 is 0 Å². The van der Waals surface area contributed by atoms with Crippen molar-refractivity contribution in [1.29, 1.82) is 0 Å². The van der Waals surface area contributed by atoms with E-state index < -0.39 is 0 Å². The third-order valence-corrected chi connectivity index (χ3v) is 3.93. The van der Waals surface area contributed by atoms with Gasteiger partial charge in [-0.3, -0.25) is 9.59 Å². The topological polar surface area (TPSA) is 37.4 Å². The second-order valence-electron chi connectivity index (χ2n) is 5.81. The molecule has 0 unspecified atom stereocenters. The molecule has 1 aromatic carbocycles. The van der Waals surface area contributed by atoms with Crippen molar-refractivity contribution in [3.8, 4) is 0 Å². The van der Waals surface area contributed by atoms with Gasteiger partial charge in [0.15, 0.2) is 0 Å². The number of benzene rings is 1. The van der Waals surface area contributed by atoms with Gasteiger partial charge >= 0.3 is 0 Å². The molecule has 0 saturated carbocycles. The summed E-state index contributed by atoms with van der Waals surface area (Å²) in [5.74, 6) is -0.285. The monoisotopic (exact) mass is 273 g/mol. The molecule has 0 atom stereocenters. The van der Waals surface area contributed by atoms with Crippen LogP contribution in [0.15, 0.2) is 24.3 Å². The molecule has 3 heteroatoms. The highest BCUT2D eigenvalue weighted by Crippen LogP contribution is 2.16. The van der Waals surface area contributed by atoms with Crippen molar-refractivity contribution in [2.75, 3.05) is 13.1 Å². The number of Topliss-reactive ketones (excluding diaryl/α,β-unsaturated/α-hetero) is 1. The van der Waals surface area contributed by atoms with Crippen LogP contribution in [0, 0.1) is 0 Å². The molecule has 1 heterocycles. The average Bonchev–Trinajstić information content (AvgIpc) is 2.75. The number of nitrogens with zero attached hydrogens (tertiary/aromatic N) is 1. The molecular formula is C17H23NO2. The SMILES string of the molecule is CC(C)c1ccc(C(=O)C(=O)N2CCCCCC2)cc1. The van der Waals surface area contributed by atoms with Gasteiger partial charge in [0.2, 0.25) is 5.78 Å². The number of amides is 1. The summed E-state index contributed by atoms with van der Waals surface area (Å²) in [6, 6.07) is 7.42. The largest absolute Gasteiger partial charge is 0.336 e. The number of likely N-dealkylation sites (tertiary alicyclic amines) is 1. The normalized spacial score (nSPS) is 16.1. The summed E-state index contributed by atoms with van der Waals surface area (Å²) >= 11 is 0. The van der Waals surface area contributed by atoms with Gasteiger partial charge in [-0.15, -0.1) is 0 Å². The molecule has 3 nitrogen and oxygen atoms in total. The number of carbonyl (C=O) groups is 2. The molecule has 0 bridgehead atoms. The Bertz CT molecular complexity index is 468. The van der Waals surface area contributed by atoms with E-state index in [0.717, 1.165) is 25.7 Å². The van der Waals surface area contributed by atoms with Crippen molar-refractivity contribution in [2.45, 2.75) is 45.4 Å². The molecule has 1 saturated heterocycles. The van der Waals surface area contributed by atoms with Gasteiger partial charge in [0, 0.05) is 18.7 Å². The summed E-state index contributed by atoms with van der Waals surface area (Å²) in [7, 11) is 0. The summed E-state index contributed by atoms with van der Waals surface area (Å²) in [5.41, 5.74) is 1.69. The van der Waals surface area contributed by atoms with Gasteiger partial charge in [-0.2, -0.15) is 0 Å². The molecule has 1 aliphatic heterocycles. The van der Waals surface area contributed by atoms with Crippen molar-refractivity contribution in [3.05, 3.63) is 35.4 Å². The van der Waals surface area contributed by atoms with Gasteiger partial charge < -0.3 is 4.90 Å². The van der Waals surface area contributed by atoms with E-state index >= 15 is 0 Å². The molecule has 1 aliphatic rings. The fourth-order valence-corrected chi connectivity index (χ4v) is 2.56. The molecule has 0 N–H and O–H groups in total. The van der Waals surface area contributed by atoms with Crippen molar-refractivity contribution in [1.82, 2.24) is 4.90 Å². The molecule has 0 aromatic heterocycles. The van der Waals surface area contributed by atoms with Gasteiger partial charge in [0.05, 0.1) is 0 Å². The predicted molar refractivity (Wildman–Crippen MR) is 79.9 cm³/mol. The van der Waals surface area contributed by atoms with Gasteiger partial charge in [0.25, 0.3) is 5.91 Å². The van der Waals surface area contributed by atoms with Crippen LogP contribution >= 0.6 is 0 Å². The minimum absolute atomic E-state index is 0.343. The second-order valence-corrected chi connectivity index (χ2v) is 5.81. The summed E-state index contributed by atoms with van der Waals surface area (Å²) in [6.45, 7) is 5.65. The Labute approximate surface area is 121 Å². The first kappa shape index (κ1) is 14.8. The highest BCUT2D eigenvalue weighted by molar-refractivity contribution is 6.42. The van der Waals surface area contributed by atoms with Crippen LogP contribution in [0.5, 0.6) is 0 Å². The molecule has 1 aromatic rings. The maximum Gasteiger partial charge on any atom is 0.294 e. The first-order chi connectivity index (χ1) is 9.59. The lowest BCUT2D eigenvalue weighted by Crippen LogP contribution is -2.37. The van der Waals surface area contributed by atoms with E-state index in [4.69, 9.17) is 0 Å². The van der Waals surface area contributed by atoms with Crippen LogP contribution in [0.3, 0.4) is 0 Å². The summed E-state index contributed by atoms with van der Waals surface area (Å²) in [4.78, 5) is 26.2. The van der Waals surface area contributed by atoms with Crippen LogP contribution in [0.25, 0.3) is 0 Å². The van der Waals surface area contributed by atoms with E-state index in [1.54, 1.807) is 17.0 Å².